The number of aryl methyl sites for hydroxylation is 1. The van der Waals surface area contributed by atoms with Crippen molar-refractivity contribution in [2.45, 2.75) is 58.7 Å². The molecule has 0 aromatic carbocycles. The Hall–Kier alpha value is -0.870. The number of thiophene rings is 1. The van der Waals surface area contributed by atoms with Crippen molar-refractivity contribution in [3.8, 4) is 0 Å². The Morgan fingerprint density at radius 3 is 2.68 bits per heavy atom. The van der Waals surface area contributed by atoms with Crippen LogP contribution >= 0.6 is 11.3 Å². The standard InChI is InChI=1S/C15H24N2OS/c1-10(2)17(9-14-7-4-11(3)19-14)15(18)12-5-6-13(16)8-12/h4,7,10,12-13H,5-6,8-9,16H2,1-3H3. The number of carbonyl (C=O) groups excluding carboxylic acids is 1. The lowest BCUT2D eigenvalue weighted by molar-refractivity contribution is -0.137. The van der Waals surface area contributed by atoms with Crippen LogP contribution in [0.15, 0.2) is 12.1 Å². The second-order valence-corrected chi connectivity index (χ2v) is 7.21. The molecule has 2 rings (SSSR count). The third-order valence-corrected chi connectivity index (χ3v) is 4.84. The fourth-order valence-electron chi connectivity index (χ4n) is 2.73. The van der Waals surface area contributed by atoms with Crippen molar-refractivity contribution < 1.29 is 4.79 Å². The summed E-state index contributed by atoms with van der Waals surface area (Å²) in [6.07, 6.45) is 2.79. The van der Waals surface area contributed by atoms with E-state index in [1.54, 1.807) is 11.3 Å². The van der Waals surface area contributed by atoms with E-state index in [-0.39, 0.29) is 23.9 Å². The van der Waals surface area contributed by atoms with Gasteiger partial charge in [-0.05, 0) is 52.2 Å². The fourth-order valence-corrected chi connectivity index (χ4v) is 3.62. The van der Waals surface area contributed by atoms with Gasteiger partial charge in [-0.1, -0.05) is 0 Å². The van der Waals surface area contributed by atoms with Crippen LogP contribution in [-0.2, 0) is 11.3 Å². The van der Waals surface area contributed by atoms with Gasteiger partial charge < -0.3 is 10.6 Å². The smallest absolute Gasteiger partial charge is 0.226 e. The van der Waals surface area contributed by atoms with Crippen LogP contribution in [0, 0.1) is 12.8 Å². The maximum absolute atomic E-state index is 12.6. The fraction of sp³-hybridized carbons (Fsp3) is 0.667. The molecule has 1 heterocycles. The lowest BCUT2D eigenvalue weighted by Crippen LogP contribution is -2.40. The van der Waals surface area contributed by atoms with Gasteiger partial charge in [0.25, 0.3) is 0 Å². The van der Waals surface area contributed by atoms with Gasteiger partial charge in [0.1, 0.15) is 0 Å². The minimum atomic E-state index is 0.137. The van der Waals surface area contributed by atoms with Crippen LogP contribution in [0.3, 0.4) is 0 Å². The van der Waals surface area contributed by atoms with Gasteiger partial charge in [-0.15, -0.1) is 11.3 Å². The molecule has 2 atom stereocenters. The van der Waals surface area contributed by atoms with Gasteiger partial charge in [-0.3, -0.25) is 4.79 Å². The average molecular weight is 280 g/mol. The van der Waals surface area contributed by atoms with E-state index < -0.39 is 0 Å². The van der Waals surface area contributed by atoms with Crippen molar-refractivity contribution in [2.24, 2.45) is 11.7 Å². The van der Waals surface area contributed by atoms with Gasteiger partial charge in [-0.25, -0.2) is 0 Å². The summed E-state index contributed by atoms with van der Waals surface area (Å²) in [6, 6.07) is 4.70. The lowest BCUT2D eigenvalue weighted by Gasteiger charge is -2.29. The largest absolute Gasteiger partial charge is 0.335 e. The predicted octanol–water partition coefficient (Wildman–Crippen LogP) is 2.92. The zero-order valence-electron chi connectivity index (χ0n) is 12.1. The molecule has 0 spiro atoms. The SMILES string of the molecule is Cc1ccc(CN(C(=O)C2CCC(N)C2)C(C)C)s1. The summed E-state index contributed by atoms with van der Waals surface area (Å²) >= 11 is 1.78. The van der Waals surface area contributed by atoms with Gasteiger partial charge >= 0.3 is 0 Å². The molecule has 0 saturated heterocycles. The van der Waals surface area contributed by atoms with E-state index in [1.165, 1.54) is 9.75 Å². The summed E-state index contributed by atoms with van der Waals surface area (Å²) in [7, 11) is 0. The van der Waals surface area contributed by atoms with Crippen LogP contribution in [0.1, 0.15) is 42.9 Å². The molecule has 1 saturated carbocycles. The van der Waals surface area contributed by atoms with Gasteiger partial charge in [0.05, 0.1) is 6.54 Å². The molecule has 1 aliphatic rings. The highest BCUT2D eigenvalue weighted by Crippen LogP contribution is 2.28. The summed E-state index contributed by atoms with van der Waals surface area (Å²) < 4.78 is 0. The van der Waals surface area contributed by atoms with Crippen molar-refractivity contribution in [1.82, 2.24) is 4.90 Å². The van der Waals surface area contributed by atoms with Crippen LogP contribution in [0.4, 0.5) is 0 Å². The van der Waals surface area contributed by atoms with E-state index in [1.807, 2.05) is 4.90 Å². The third-order valence-electron chi connectivity index (χ3n) is 3.85. The zero-order chi connectivity index (χ0) is 14.0. The minimum absolute atomic E-state index is 0.137. The van der Waals surface area contributed by atoms with E-state index in [4.69, 9.17) is 5.73 Å². The molecule has 106 valence electrons. The molecule has 1 aliphatic carbocycles. The van der Waals surface area contributed by atoms with Crippen molar-refractivity contribution in [1.29, 1.82) is 0 Å². The Morgan fingerprint density at radius 1 is 1.47 bits per heavy atom. The summed E-state index contributed by atoms with van der Waals surface area (Å²) in [6.45, 7) is 7.02. The number of hydrogen-bond donors (Lipinski definition) is 1. The Morgan fingerprint density at radius 2 is 2.21 bits per heavy atom. The lowest BCUT2D eigenvalue weighted by atomic mass is 10.1. The first-order chi connectivity index (χ1) is 8.97. The second kappa shape index (κ2) is 6.06. The van der Waals surface area contributed by atoms with E-state index >= 15 is 0 Å². The monoisotopic (exact) mass is 280 g/mol. The molecule has 19 heavy (non-hydrogen) atoms. The molecule has 1 amide bonds. The molecule has 0 aliphatic heterocycles. The Bertz CT molecular complexity index is 441. The van der Waals surface area contributed by atoms with Gasteiger partial charge in [-0.2, -0.15) is 0 Å². The molecule has 2 unspecified atom stereocenters. The third kappa shape index (κ3) is 3.57. The van der Waals surface area contributed by atoms with E-state index in [0.717, 1.165) is 25.8 Å². The van der Waals surface area contributed by atoms with Crippen LogP contribution in [0.25, 0.3) is 0 Å². The molecular formula is C15H24N2OS. The Kier molecular flexibility index (Phi) is 4.63. The number of rotatable bonds is 4. The van der Waals surface area contributed by atoms with Crippen LogP contribution in [0.2, 0.25) is 0 Å². The quantitative estimate of drug-likeness (QED) is 0.921. The normalized spacial score (nSPS) is 23.0. The van der Waals surface area contributed by atoms with Crippen molar-refractivity contribution in [3.63, 3.8) is 0 Å². The second-order valence-electron chi connectivity index (χ2n) is 5.84. The average Bonchev–Trinajstić information content (AvgIpc) is 2.94. The van der Waals surface area contributed by atoms with Gasteiger partial charge in [0.2, 0.25) is 5.91 Å². The molecule has 0 radical (unpaired) electrons. The molecular weight excluding hydrogens is 256 g/mol. The number of nitrogens with zero attached hydrogens (tertiary/aromatic N) is 1. The molecule has 1 aromatic rings. The van der Waals surface area contributed by atoms with E-state index in [0.29, 0.717) is 0 Å². The minimum Gasteiger partial charge on any atom is -0.335 e. The first-order valence-electron chi connectivity index (χ1n) is 7.08. The summed E-state index contributed by atoms with van der Waals surface area (Å²) in [5.74, 6) is 0.424. The first kappa shape index (κ1) is 14.5. The van der Waals surface area contributed by atoms with Crippen molar-refractivity contribution >= 4 is 17.2 Å². The molecule has 1 aromatic heterocycles. The van der Waals surface area contributed by atoms with Crippen LogP contribution < -0.4 is 5.73 Å². The molecule has 0 bridgehead atoms. The predicted molar refractivity (Wildman–Crippen MR) is 80.1 cm³/mol. The van der Waals surface area contributed by atoms with E-state index in [2.05, 4.69) is 32.9 Å². The van der Waals surface area contributed by atoms with E-state index in [9.17, 15) is 4.79 Å². The summed E-state index contributed by atoms with van der Waals surface area (Å²) in [4.78, 5) is 17.2. The first-order valence-corrected chi connectivity index (χ1v) is 7.90. The number of carbonyl (C=O) groups is 1. The van der Waals surface area contributed by atoms with Gasteiger partial charge in [0, 0.05) is 27.8 Å². The van der Waals surface area contributed by atoms with Crippen molar-refractivity contribution in [2.75, 3.05) is 0 Å². The number of nitrogens with two attached hydrogens (primary N) is 1. The number of amides is 1. The molecule has 1 fully saturated rings. The number of hydrogen-bond acceptors (Lipinski definition) is 3. The van der Waals surface area contributed by atoms with Gasteiger partial charge in [0.15, 0.2) is 0 Å². The molecule has 4 heteroatoms. The molecule has 3 nitrogen and oxygen atoms in total. The Balaban J connectivity index is 2.05. The summed E-state index contributed by atoms with van der Waals surface area (Å²) in [5.41, 5.74) is 5.93. The highest BCUT2D eigenvalue weighted by atomic mass is 32.1. The highest BCUT2D eigenvalue weighted by molar-refractivity contribution is 7.11. The zero-order valence-corrected chi connectivity index (χ0v) is 12.9. The highest BCUT2D eigenvalue weighted by Gasteiger charge is 2.32. The Labute approximate surface area is 119 Å². The maximum Gasteiger partial charge on any atom is 0.226 e. The van der Waals surface area contributed by atoms with Crippen LogP contribution in [-0.4, -0.2) is 22.9 Å². The maximum atomic E-state index is 12.6. The molecule has 2 N–H and O–H groups in total. The topological polar surface area (TPSA) is 46.3 Å². The summed E-state index contributed by atoms with van der Waals surface area (Å²) in [5, 5.41) is 0. The van der Waals surface area contributed by atoms with Crippen LogP contribution in [0.5, 0.6) is 0 Å². The van der Waals surface area contributed by atoms with Crippen molar-refractivity contribution in [3.05, 3.63) is 21.9 Å².